The van der Waals surface area contributed by atoms with E-state index in [1.807, 2.05) is 12.1 Å². The summed E-state index contributed by atoms with van der Waals surface area (Å²) in [5.74, 6) is 0.379. The lowest BCUT2D eigenvalue weighted by atomic mass is 9.92. The molecule has 0 aromatic heterocycles. The summed E-state index contributed by atoms with van der Waals surface area (Å²) in [6.45, 7) is 7.91. The van der Waals surface area contributed by atoms with E-state index < -0.39 is 10.0 Å². The highest BCUT2D eigenvalue weighted by Gasteiger charge is 2.26. The van der Waals surface area contributed by atoms with Crippen LogP contribution in [-0.4, -0.2) is 52.2 Å². The summed E-state index contributed by atoms with van der Waals surface area (Å²) in [5.41, 5.74) is 2.50. The largest absolute Gasteiger partial charge is 0.379 e. The Labute approximate surface area is 151 Å². The number of rotatable bonds is 6. The predicted molar refractivity (Wildman–Crippen MR) is 99.3 cm³/mol. The molecule has 0 amide bonds. The Balaban J connectivity index is 1.69. The third kappa shape index (κ3) is 4.61. The van der Waals surface area contributed by atoms with Crippen LogP contribution in [0.4, 0.5) is 0 Å². The van der Waals surface area contributed by atoms with Crippen LogP contribution in [0.1, 0.15) is 37.8 Å². The number of benzene rings is 1. The number of aryl methyl sites for hydroxylation is 2. The topological polar surface area (TPSA) is 58.6 Å². The average Bonchev–Trinajstić information content (AvgIpc) is 2.62. The second-order valence-electron chi connectivity index (χ2n) is 7.45. The van der Waals surface area contributed by atoms with Crippen molar-refractivity contribution in [3.05, 3.63) is 29.3 Å². The molecule has 1 aliphatic heterocycles. The number of nitrogens with one attached hydrogen (secondary N) is 1. The monoisotopic (exact) mass is 366 g/mol. The molecule has 140 valence electrons. The Kier molecular flexibility index (Phi) is 6.15. The highest BCUT2D eigenvalue weighted by molar-refractivity contribution is 7.89. The Bertz CT molecular complexity index is 682. The van der Waals surface area contributed by atoms with E-state index in [4.69, 9.17) is 4.74 Å². The van der Waals surface area contributed by atoms with Gasteiger partial charge in [0.05, 0.1) is 18.1 Å². The summed E-state index contributed by atoms with van der Waals surface area (Å²) in [6, 6.07) is 5.81. The lowest BCUT2D eigenvalue weighted by molar-refractivity contribution is 0.00776. The molecule has 1 heterocycles. The molecule has 3 rings (SSSR count). The molecule has 1 N–H and O–H groups in total. The van der Waals surface area contributed by atoms with Crippen LogP contribution in [0.5, 0.6) is 0 Å². The van der Waals surface area contributed by atoms with Gasteiger partial charge in [-0.15, -0.1) is 0 Å². The van der Waals surface area contributed by atoms with Gasteiger partial charge in [-0.1, -0.05) is 19.9 Å². The first-order valence-electron chi connectivity index (χ1n) is 9.40. The molecule has 1 fully saturated rings. The van der Waals surface area contributed by atoms with Gasteiger partial charge in [-0.25, -0.2) is 13.1 Å². The summed E-state index contributed by atoms with van der Waals surface area (Å²) < 4.78 is 33.8. The highest BCUT2D eigenvalue weighted by Crippen LogP contribution is 2.24. The maximum atomic E-state index is 12.8. The van der Waals surface area contributed by atoms with E-state index in [9.17, 15) is 8.42 Å². The molecule has 0 bridgehead atoms. The van der Waals surface area contributed by atoms with Gasteiger partial charge in [0.25, 0.3) is 0 Å². The molecule has 0 saturated carbocycles. The van der Waals surface area contributed by atoms with Gasteiger partial charge in [0, 0.05) is 25.7 Å². The first-order chi connectivity index (χ1) is 12.0. The Morgan fingerprint density at radius 3 is 2.48 bits per heavy atom. The molecule has 0 radical (unpaired) electrons. The predicted octanol–water partition coefficient (Wildman–Crippen LogP) is 2.20. The van der Waals surface area contributed by atoms with Crippen LogP contribution in [0, 0.1) is 5.92 Å². The maximum absolute atomic E-state index is 12.8. The van der Waals surface area contributed by atoms with Crippen LogP contribution in [0.3, 0.4) is 0 Å². The molecule has 0 spiro atoms. The van der Waals surface area contributed by atoms with Gasteiger partial charge in [-0.3, -0.25) is 4.90 Å². The van der Waals surface area contributed by atoms with E-state index in [1.165, 1.54) is 17.5 Å². The zero-order valence-electron chi connectivity index (χ0n) is 15.3. The van der Waals surface area contributed by atoms with Crippen molar-refractivity contribution in [1.82, 2.24) is 9.62 Å². The van der Waals surface area contributed by atoms with Crippen LogP contribution in [-0.2, 0) is 27.6 Å². The van der Waals surface area contributed by atoms with Crippen molar-refractivity contribution in [2.24, 2.45) is 5.92 Å². The summed E-state index contributed by atoms with van der Waals surface area (Å²) in [4.78, 5) is 2.74. The van der Waals surface area contributed by atoms with Gasteiger partial charge >= 0.3 is 0 Å². The van der Waals surface area contributed by atoms with Crippen molar-refractivity contribution < 1.29 is 13.2 Å². The molecule has 25 heavy (non-hydrogen) atoms. The van der Waals surface area contributed by atoms with Crippen LogP contribution < -0.4 is 4.72 Å². The van der Waals surface area contributed by atoms with E-state index in [-0.39, 0.29) is 6.04 Å². The molecule has 1 aliphatic carbocycles. The smallest absolute Gasteiger partial charge is 0.240 e. The van der Waals surface area contributed by atoms with Crippen molar-refractivity contribution in [2.45, 2.75) is 50.5 Å². The van der Waals surface area contributed by atoms with Gasteiger partial charge in [0.2, 0.25) is 10.0 Å². The molecule has 6 heteroatoms. The molecule has 0 unspecified atom stereocenters. The van der Waals surface area contributed by atoms with Gasteiger partial charge in [0.1, 0.15) is 0 Å². The fourth-order valence-electron chi connectivity index (χ4n) is 3.85. The van der Waals surface area contributed by atoms with E-state index in [2.05, 4.69) is 23.5 Å². The minimum atomic E-state index is -3.47. The van der Waals surface area contributed by atoms with Gasteiger partial charge in [0.15, 0.2) is 0 Å². The molecule has 5 nitrogen and oxygen atoms in total. The SMILES string of the molecule is CC(C)[C@@H](CNS(=O)(=O)c1ccc2c(c1)CCCC2)N1CCOCC1. The normalized spacial score (nSPS) is 20.4. The van der Waals surface area contributed by atoms with Crippen molar-refractivity contribution in [2.75, 3.05) is 32.8 Å². The maximum Gasteiger partial charge on any atom is 0.240 e. The molecular weight excluding hydrogens is 336 g/mol. The fraction of sp³-hybridized carbons (Fsp3) is 0.684. The molecule has 1 atom stereocenters. The summed E-state index contributed by atoms with van der Waals surface area (Å²) in [6.07, 6.45) is 4.40. The van der Waals surface area contributed by atoms with Gasteiger partial charge < -0.3 is 4.74 Å². The standard InChI is InChI=1S/C19H30N2O3S/c1-15(2)19(21-9-11-24-12-10-21)14-20-25(22,23)18-8-7-16-5-3-4-6-17(16)13-18/h7-8,13,15,19-20H,3-6,9-12,14H2,1-2H3/t19-/m1/s1. The quantitative estimate of drug-likeness (QED) is 0.839. The zero-order valence-corrected chi connectivity index (χ0v) is 16.1. The molecular formula is C19H30N2O3S. The summed E-state index contributed by atoms with van der Waals surface area (Å²) in [7, 11) is -3.47. The van der Waals surface area contributed by atoms with E-state index >= 15 is 0 Å². The van der Waals surface area contributed by atoms with Crippen LogP contribution in [0.25, 0.3) is 0 Å². The lowest BCUT2D eigenvalue weighted by Gasteiger charge is -2.36. The summed E-state index contributed by atoms with van der Waals surface area (Å²) in [5, 5.41) is 0. The van der Waals surface area contributed by atoms with Crippen molar-refractivity contribution >= 4 is 10.0 Å². The Hall–Kier alpha value is -0.950. The van der Waals surface area contributed by atoms with E-state index in [1.54, 1.807) is 6.07 Å². The number of morpholine rings is 1. The van der Waals surface area contributed by atoms with Gasteiger partial charge in [-0.2, -0.15) is 0 Å². The second-order valence-corrected chi connectivity index (χ2v) is 9.22. The second kappa shape index (κ2) is 8.16. The number of sulfonamides is 1. The first-order valence-corrected chi connectivity index (χ1v) is 10.9. The van der Waals surface area contributed by atoms with E-state index in [0.29, 0.717) is 17.4 Å². The highest BCUT2D eigenvalue weighted by atomic mass is 32.2. The number of hydrogen-bond donors (Lipinski definition) is 1. The average molecular weight is 367 g/mol. The first kappa shape index (κ1) is 18.8. The lowest BCUT2D eigenvalue weighted by Crippen LogP contribution is -2.51. The minimum absolute atomic E-state index is 0.191. The van der Waals surface area contributed by atoms with E-state index in [0.717, 1.165) is 45.6 Å². The molecule has 1 saturated heterocycles. The number of ether oxygens (including phenoxy) is 1. The van der Waals surface area contributed by atoms with Crippen LogP contribution in [0.2, 0.25) is 0 Å². The summed E-state index contributed by atoms with van der Waals surface area (Å²) >= 11 is 0. The van der Waals surface area contributed by atoms with Crippen molar-refractivity contribution in [3.8, 4) is 0 Å². The minimum Gasteiger partial charge on any atom is -0.379 e. The molecule has 1 aromatic carbocycles. The van der Waals surface area contributed by atoms with Crippen LogP contribution in [0.15, 0.2) is 23.1 Å². The zero-order chi connectivity index (χ0) is 17.9. The molecule has 2 aliphatic rings. The van der Waals surface area contributed by atoms with Crippen molar-refractivity contribution in [3.63, 3.8) is 0 Å². The van der Waals surface area contributed by atoms with Gasteiger partial charge in [-0.05, 0) is 54.9 Å². The third-order valence-corrected chi connectivity index (χ3v) is 6.82. The number of nitrogens with zero attached hydrogens (tertiary/aromatic N) is 1. The Morgan fingerprint density at radius 2 is 1.80 bits per heavy atom. The Morgan fingerprint density at radius 1 is 1.12 bits per heavy atom. The number of fused-ring (bicyclic) bond motifs is 1. The van der Waals surface area contributed by atoms with Crippen molar-refractivity contribution in [1.29, 1.82) is 0 Å². The molecule has 1 aromatic rings. The third-order valence-electron chi connectivity index (χ3n) is 5.40. The fourth-order valence-corrected chi connectivity index (χ4v) is 4.95. The number of hydrogen-bond acceptors (Lipinski definition) is 4. The van der Waals surface area contributed by atoms with Crippen LogP contribution >= 0.6 is 0 Å².